The molecule has 0 aliphatic rings. The van der Waals surface area contributed by atoms with E-state index >= 15 is 0 Å². The van der Waals surface area contributed by atoms with Crippen molar-refractivity contribution in [3.63, 3.8) is 0 Å². The fourth-order valence-electron chi connectivity index (χ4n) is 2.34. The molecule has 8 heteroatoms. The van der Waals surface area contributed by atoms with Crippen molar-refractivity contribution in [1.82, 2.24) is 4.72 Å². The number of anilines is 1. The van der Waals surface area contributed by atoms with E-state index in [9.17, 15) is 13.2 Å². The Hall–Kier alpha value is -2.99. The molecule has 1 aromatic heterocycles. The zero-order valence-electron chi connectivity index (χ0n) is 14.0. The number of hydrogen-bond donors (Lipinski definition) is 2. The Morgan fingerprint density at radius 1 is 1.07 bits per heavy atom. The highest BCUT2D eigenvalue weighted by molar-refractivity contribution is 7.89. The summed E-state index contributed by atoms with van der Waals surface area (Å²) in [5, 5.41) is 13.5. The van der Waals surface area contributed by atoms with Gasteiger partial charge in [-0.05, 0) is 47.8 Å². The number of nitrogens with one attached hydrogen (secondary N) is 2. The number of amides is 1. The standard InChI is InChI=1S/C19H15N3O3S2/c20-12-14-4-1-6-16(10-14)22-19(23)15-5-2-8-18(11-15)27(24,25)21-13-17-7-3-9-26-17/h1-11,21H,13H2,(H,22,23). The van der Waals surface area contributed by atoms with E-state index in [0.717, 1.165) is 4.88 Å². The molecule has 27 heavy (non-hydrogen) atoms. The summed E-state index contributed by atoms with van der Waals surface area (Å²) < 4.78 is 27.5. The molecule has 0 radical (unpaired) electrons. The number of benzene rings is 2. The Morgan fingerprint density at radius 2 is 1.89 bits per heavy atom. The molecular weight excluding hydrogens is 382 g/mol. The molecule has 0 fully saturated rings. The third kappa shape index (κ3) is 4.80. The molecule has 3 aromatic rings. The van der Waals surface area contributed by atoms with E-state index in [1.165, 1.54) is 35.6 Å². The molecule has 0 saturated carbocycles. The van der Waals surface area contributed by atoms with E-state index in [1.54, 1.807) is 24.3 Å². The van der Waals surface area contributed by atoms with E-state index in [4.69, 9.17) is 5.26 Å². The maximum Gasteiger partial charge on any atom is 0.255 e. The molecule has 0 spiro atoms. The minimum Gasteiger partial charge on any atom is -0.322 e. The van der Waals surface area contributed by atoms with Gasteiger partial charge in [0.05, 0.1) is 16.5 Å². The topological polar surface area (TPSA) is 99.1 Å². The summed E-state index contributed by atoms with van der Waals surface area (Å²) in [6, 6.07) is 18.0. The van der Waals surface area contributed by atoms with Crippen LogP contribution in [-0.4, -0.2) is 14.3 Å². The summed E-state index contributed by atoms with van der Waals surface area (Å²) in [5.41, 5.74) is 1.08. The van der Waals surface area contributed by atoms with Crippen LogP contribution in [0.5, 0.6) is 0 Å². The Bertz CT molecular complexity index is 1100. The summed E-state index contributed by atoms with van der Waals surface area (Å²) in [5.74, 6) is -0.458. The monoisotopic (exact) mass is 397 g/mol. The smallest absolute Gasteiger partial charge is 0.255 e. The van der Waals surface area contributed by atoms with Crippen molar-refractivity contribution < 1.29 is 13.2 Å². The fraction of sp³-hybridized carbons (Fsp3) is 0.0526. The molecule has 0 saturated heterocycles. The molecule has 1 amide bonds. The molecule has 136 valence electrons. The van der Waals surface area contributed by atoms with Crippen molar-refractivity contribution >= 4 is 33.0 Å². The Labute approximate surface area is 161 Å². The molecule has 0 unspecified atom stereocenters. The largest absolute Gasteiger partial charge is 0.322 e. The lowest BCUT2D eigenvalue weighted by atomic mass is 10.2. The first-order valence-electron chi connectivity index (χ1n) is 7.91. The van der Waals surface area contributed by atoms with Gasteiger partial charge in [0.1, 0.15) is 0 Å². The lowest BCUT2D eigenvalue weighted by Crippen LogP contribution is -2.23. The second-order valence-corrected chi connectivity index (χ2v) is 8.38. The summed E-state index contributed by atoms with van der Waals surface area (Å²) in [7, 11) is -3.74. The van der Waals surface area contributed by atoms with Crippen LogP contribution < -0.4 is 10.0 Å². The zero-order chi connectivity index (χ0) is 19.3. The fourth-order valence-corrected chi connectivity index (χ4v) is 4.12. The van der Waals surface area contributed by atoms with E-state index in [0.29, 0.717) is 11.3 Å². The maximum absolute atomic E-state index is 12.5. The van der Waals surface area contributed by atoms with Crippen LogP contribution in [0.4, 0.5) is 5.69 Å². The van der Waals surface area contributed by atoms with Gasteiger partial charge >= 0.3 is 0 Å². The maximum atomic E-state index is 12.5. The van der Waals surface area contributed by atoms with Gasteiger partial charge in [0.2, 0.25) is 10.0 Å². The van der Waals surface area contributed by atoms with Crippen LogP contribution in [0.2, 0.25) is 0 Å². The third-order valence-electron chi connectivity index (χ3n) is 3.67. The predicted octanol–water partition coefficient (Wildman–Crippen LogP) is 3.35. The van der Waals surface area contributed by atoms with Gasteiger partial charge in [-0.1, -0.05) is 18.2 Å². The number of carbonyl (C=O) groups excluding carboxylic acids is 1. The number of rotatable bonds is 6. The Balaban J connectivity index is 1.76. The highest BCUT2D eigenvalue weighted by Gasteiger charge is 2.16. The van der Waals surface area contributed by atoms with E-state index < -0.39 is 15.9 Å². The first-order valence-corrected chi connectivity index (χ1v) is 10.3. The summed E-state index contributed by atoms with van der Waals surface area (Å²) in [4.78, 5) is 13.3. The second kappa shape index (κ2) is 8.14. The lowest BCUT2D eigenvalue weighted by Gasteiger charge is -2.09. The van der Waals surface area contributed by atoms with Gasteiger partial charge in [-0.15, -0.1) is 11.3 Å². The van der Waals surface area contributed by atoms with Gasteiger partial charge in [-0.25, -0.2) is 13.1 Å². The number of sulfonamides is 1. The minimum atomic E-state index is -3.74. The molecule has 2 N–H and O–H groups in total. The van der Waals surface area contributed by atoms with Crippen molar-refractivity contribution in [2.24, 2.45) is 0 Å². The quantitative estimate of drug-likeness (QED) is 0.666. The molecular formula is C19H15N3O3S2. The van der Waals surface area contributed by atoms with Crippen LogP contribution in [0, 0.1) is 11.3 Å². The zero-order valence-corrected chi connectivity index (χ0v) is 15.7. The van der Waals surface area contributed by atoms with E-state index in [1.807, 2.05) is 23.6 Å². The SMILES string of the molecule is N#Cc1cccc(NC(=O)c2cccc(S(=O)(=O)NCc3cccs3)c2)c1. The molecule has 1 heterocycles. The van der Waals surface area contributed by atoms with Crippen LogP contribution in [0.1, 0.15) is 20.8 Å². The second-order valence-electron chi connectivity index (χ2n) is 5.58. The highest BCUT2D eigenvalue weighted by atomic mass is 32.2. The summed E-state index contributed by atoms with van der Waals surface area (Å²) in [6.07, 6.45) is 0. The number of thiophene rings is 1. The minimum absolute atomic E-state index is 0.0116. The van der Waals surface area contributed by atoms with Gasteiger partial charge in [0, 0.05) is 22.7 Å². The van der Waals surface area contributed by atoms with Gasteiger partial charge in [-0.2, -0.15) is 5.26 Å². The molecule has 0 atom stereocenters. The van der Waals surface area contributed by atoms with Gasteiger partial charge < -0.3 is 5.32 Å². The van der Waals surface area contributed by atoms with Crippen molar-refractivity contribution in [2.75, 3.05) is 5.32 Å². The van der Waals surface area contributed by atoms with Crippen LogP contribution in [-0.2, 0) is 16.6 Å². The number of nitriles is 1. The normalized spacial score (nSPS) is 10.9. The van der Waals surface area contributed by atoms with Crippen LogP contribution in [0.15, 0.2) is 70.9 Å². The molecule has 0 bridgehead atoms. The van der Waals surface area contributed by atoms with Gasteiger partial charge in [-0.3, -0.25) is 4.79 Å². The van der Waals surface area contributed by atoms with Crippen molar-refractivity contribution in [3.8, 4) is 6.07 Å². The van der Waals surface area contributed by atoms with Crippen molar-refractivity contribution in [1.29, 1.82) is 5.26 Å². The molecule has 2 aromatic carbocycles. The number of hydrogen-bond acceptors (Lipinski definition) is 5. The number of carbonyl (C=O) groups is 1. The molecule has 0 aliphatic heterocycles. The van der Waals surface area contributed by atoms with Crippen molar-refractivity contribution in [2.45, 2.75) is 11.4 Å². The Kier molecular flexibility index (Phi) is 5.66. The van der Waals surface area contributed by atoms with E-state index in [2.05, 4.69) is 10.0 Å². The van der Waals surface area contributed by atoms with Crippen LogP contribution in [0.25, 0.3) is 0 Å². The van der Waals surface area contributed by atoms with Crippen LogP contribution in [0.3, 0.4) is 0 Å². The molecule has 6 nitrogen and oxygen atoms in total. The average molecular weight is 397 g/mol. The predicted molar refractivity (Wildman–Crippen MR) is 104 cm³/mol. The Morgan fingerprint density at radius 3 is 2.63 bits per heavy atom. The summed E-state index contributed by atoms with van der Waals surface area (Å²) >= 11 is 1.46. The lowest BCUT2D eigenvalue weighted by molar-refractivity contribution is 0.102. The van der Waals surface area contributed by atoms with Gasteiger partial charge in [0.25, 0.3) is 5.91 Å². The average Bonchev–Trinajstić information content (AvgIpc) is 3.20. The van der Waals surface area contributed by atoms with Crippen LogP contribution >= 0.6 is 11.3 Å². The first kappa shape index (κ1) is 18.8. The first-order chi connectivity index (χ1) is 13.0. The highest BCUT2D eigenvalue weighted by Crippen LogP contribution is 2.16. The third-order valence-corrected chi connectivity index (χ3v) is 5.95. The molecule has 0 aliphatic carbocycles. The van der Waals surface area contributed by atoms with Gasteiger partial charge in [0.15, 0.2) is 0 Å². The summed E-state index contributed by atoms with van der Waals surface area (Å²) in [6.45, 7) is 0.192. The van der Waals surface area contributed by atoms with E-state index in [-0.39, 0.29) is 17.0 Å². The van der Waals surface area contributed by atoms with Crippen molar-refractivity contribution in [3.05, 3.63) is 82.0 Å². The number of nitrogens with zero attached hydrogens (tertiary/aromatic N) is 1. The molecule has 3 rings (SSSR count).